The van der Waals surface area contributed by atoms with Gasteiger partial charge < -0.3 is 20.7 Å². The molecule has 2 aromatic rings. The fraction of sp³-hybridized carbons (Fsp3) is 0.409. The molecule has 1 unspecified atom stereocenters. The lowest BCUT2D eigenvalue weighted by atomic mass is 9.73. The zero-order valence-corrected chi connectivity index (χ0v) is 17.1. The Morgan fingerprint density at radius 2 is 1.96 bits per heavy atom. The quantitative estimate of drug-likeness (QED) is 0.815. The molecule has 0 spiro atoms. The normalized spacial score (nSPS) is 21.0. The molecule has 2 aliphatic rings. The van der Waals surface area contributed by atoms with Crippen LogP contribution in [0.1, 0.15) is 47.8 Å². The highest BCUT2D eigenvalue weighted by molar-refractivity contribution is 6.31. The van der Waals surface area contributed by atoms with Crippen LogP contribution >= 0.6 is 11.6 Å². The first-order valence-electron chi connectivity index (χ1n) is 9.68. The van der Waals surface area contributed by atoms with Gasteiger partial charge in [0.1, 0.15) is 0 Å². The number of nitrogens with one attached hydrogen (secondary N) is 1. The molecule has 0 saturated carbocycles. The number of anilines is 2. The number of ether oxygens (including phenoxy) is 1. The molecule has 2 aliphatic heterocycles. The summed E-state index contributed by atoms with van der Waals surface area (Å²) in [5, 5.41) is 4.39. The lowest BCUT2D eigenvalue weighted by molar-refractivity contribution is 0.1000. The van der Waals surface area contributed by atoms with Crippen LogP contribution in [-0.4, -0.2) is 32.2 Å². The average molecular weight is 400 g/mol. The first-order chi connectivity index (χ1) is 13.3. The summed E-state index contributed by atoms with van der Waals surface area (Å²) in [6.07, 6.45) is 0.870. The van der Waals surface area contributed by atoms with Crippen molar-refractivity contribution >= 4 is 28.9 Å². The standard InChI is InChI=1S/C22H26ClN3O2/c1-22(2)13-20(25-19-6-3-14(21(24)27)11-17(19)22)16-12-15(4-5-18(16)23)26-7-9-28-10-8-26/h3-6,11-12,20,25H,7-10,13H2,1-2H3,(H2,24,27). The zero-order valence-electron chi connectivity index (χ0n) is 16.3. The van der Waals surface area contributed by atoms with Gasteiger partial charge in [-0.25, -0.2) is 0 Å². The van der Waals surface area contributed by atoms with Crippen molar-refractivity contribution in [3.63, 3.8) is 0 Å². The summed E-state index contributed by atoms with van der Waals surface area (Å²) in [6, 6.07) is 12.0. The van der Waals surface area contributed by atoms with Crippen molar-refractivity contribution < 1.29 is 9.53 Å². The Kier molecular flexibility index (Phi) is 4.98. The highest BCUT2D eigenvalue weighted by Gasteiger charge is 2.35. The van der Waals surface area contributed by atoms with E-state index in [1.165, 1.54) is 5.69 Å². The van der Waals surface area contributed by atoms with Crippen LogP contribution < -0.4 is 16.0 Å². The summed E-state index contributed by atoms with van der Waals surface area (Å²) in [4.78, 5) is 13.9. The maximum absolute atomic E-state index is 11.6. The van der Waals surface area contributed by atoms with Gasteiger partial charge in [0.05, 0.1) is 19.3 Å². The molecule has 1 saturated heterocycles. The second-order valence-corrected chi connectivity index (χ2v) is 8.62. The molecule has 1 atom stereocenters. The van der Waals surface area contributed by atoms with E-state index in [1.54, 1.807) is 6.07 Å². The van der Waals surface area contributed by atoms with Crippen molar-refractivity contribution in [2.45, 2.75) is 31.7 Å². The van der Waals surface area contributed by atoms with Gasteiger partial charge in [-0.15, -0.1) is 0 Å². The lowest BCUT2D eigenvalue weighted by Crippen LogP contribution is -2.36. The van der Waals surface area contributed by atoms with E-state index in [1.807, 2.05) is 18.2 Å². The molecule has 0 aromatic heterocycles. The highest BCUT2D eigenvalue weighted by Crippen LogP contribution is 2.46. The minimum atomic E-state index is -0.401. The van der Waals surface area contributed by atoms with Crippen LogP contribution in [0.5, 0.6) is 0 Å². The smallest absolute Gasteiger partial charge is 0.248 e. The van der Waals surface area contributed by atoms with E-state index in [4.69, 9.17) is 22.1 Å². The Bertz CT molecular complexity index is 907. The predicted octanol–water partition coefficient (Wildman–Crippen LogP) is 4.11. The SMILES string of the molecule is CC1(C)CC(c2cc(N3CCOCC3)ccc2Cl)Nc2ccc(C(N)=O)cc21. The molecule has 148 valence electrons. The Labute approximate surface area is 170 Å². The summed E-state index contributed by atoms with van der Waals surface area (Å²) in [5.41, 5.74) is 10.3. The number of primary amides is 1. The van der Waals surface area contributed by atoms with E-state index < -0.39 is 5.91 Å². The number of amides is 1. The third-order valence-corrected chi connectivity index (χ3v) is 6.15. The third-order valence-electron chi connectivity index (χ3n) is 5.81. The minimum absolute atomic E-state index is 0.0930. The number of morpholine rings is 1. The Hall–Kier alpha value is -2.24. The summed E-state index contributed by atoms with van der Waals surface area (Å²) in [6.45, 7) is 7.69. The number of benzene rings is 2. The number of carbonyl (C=O) groups excluding carboxylic acids is 1. The van der Waals surface area contributed by atoms with Crippen LogP contribution in [-0.2, 0) is 10.2 Å². The average Bonchev–Trinajstić information content (AvgIpc) is 2.68. The molecular weight excluding hydrogens is 374 g/mol. The second-order valence-electron chi connectivity index (χ2n) is 8.21. The van der Waals surface area contributed by atoms with Gasteiger partial charge in [-0.2, -0.15) is 0 Å². The van der Waals surface area contributed by atoms with Crippen molar-refractivity contribution in [1.29, 1.82) is 0 Å². The fourth-order valence-electron chi connectivity index (χ4n) is 4.25. The van der Waals surface area contributed by atoms with Crippen LogP contribution in [0, 0.1) is 0 Å². The van der Waals surface area contributed by atoms with E-state index in [0.717, 1.165) is 54.6 Å². The van der Waals surface area contributed by atoms with Crippen molar-refractivity contribution in [3.8, 4) is 0 Å². The van der Waals surface area contributed by atoms with Crippen LogP contribution in [0.15, 0.2) is 36.4 Å². The lowest BCUT2D eigenvalue weighted by Gasteiger charge is -2.39. The molecule has 6 heteroatoms. The molecule has 1 amide bonds. The molecule has 2 aromatic carbocycles. The number of hydrogen-bond donors (Lipinski definition) is 2. The molecule has 1 fully saturated rings. The number of hydrogen-bond acceptors (Lipinski definition) is 4. The summed E-state index contributed by atoms with van der Waals surface area (Å²) < 4.78 is 5.47. The largest absolute Gasteiger partial charge is 0.378 e. The van der Waals surface area contributed by atoms with Crippen LogP contribution in [0.25, 0.3) is 0 Å². The van der Waals surface area contributed by atoms with E-state index >= 15 is 0 Å². The summed E-state index contributed by atoms with van der Waals surface area (Å²) in [5.74, 6) is -0.401. The number of halogens is 1. The van der Waals surface area contributed by atoms with Gasteiger partial charge in [0.15, 0.2) is 0 Å². The Morgan fingerprint density at radius 3 is 2.68 bits per heavy atom. The maximum atomic E-state index is 11.6. The Morgan fingerprint density at radius 1 is 1.21 bits per heavy atom. The summed E-state index contributed by atoms with van der Waals surface area (Å²) in [7, 11) is 0. The molecular formula is C22H26ClN3O2. The zero-order chi connectivity index (χ0) is 19.9. The van der Waals surface area contributed by atoms with Gasteiger partial charge in [-0.1, -0.05) is 25.4 Å². The number of rotatable bonds is 3. The molecule has 0 aliphatic carbocycles. The molecule has 2 heterocycles. The maximum Gasteiger partial charge on any atom is 0.248 e. The minimum Gasteiger partial charge on any atom is -0.378 e. The van der Waals surface area contributed by atoms with E-state index in [2.05, 4.69) is 36.2 Å². The fourth-order valence-corrected chi connectivity index (χ4v) is 4.50. The van der Waals surface area contributed by atoms with Crippen molar-refractivity contribution in [2.24, 2.45) is 5.73 Å². The van der Waals surface area contributed by atoms with Crippen molar-refractivity contribution in [2.75, 3.05) is 36.5 Å². The summed E-state index contributed by atoms with van der Waals surface area (Å²) >= 11 is 6.61. The molecule has 3 N–H and O–H groups in total. The van der Waals surface area contributed by atoms with Gasteiger partial charge in [0.25, 0.3) is 0 Å². The van der Waals surface area contributed by atoms with Gasteiger partial charge in [0, 0.05) is 35.1 Å². The van der Waals surface area contributed by atoms with Gasteiger partial charge in [-0.05, 0) is 59.4 Å². The van der Waals surface area contributed by atoms with E-state index in [9.17, 15) is 4.79 Å². The molecule has 28 heavy (non-hydrogen) atoms. The highest BCUT2D eigenvalue weighted by atomic mass is 35.5. The topological polar surface area (TPSA) is 67.6 Å². The van der Waals surface area contributed by atoms with Crippen LogP contribution in [0.3, 0.4) is 0 Å². The number of nitrogens with two attached hydrogens (primary N) is 1. The molecule has 0 radical (unpaired) electrons. The number of carbonyl (C=O) groups is 1. The second kappa shape index (κ2) is 7.30. The molecule has 4 rings (SSSR count). The first kappa shape index (κ1) is 19.1. The molecule has 0 bridgehead atoms. The number of nitrogens with zero attached hydrogens (tertiary/aromatic N) is 1. The van der Waals surface area contributed by atoms with Crippen LogP contribution in [0.2, 0.25) is 5.02 Å². The van der Waals surface area contributed by atoms with Crippen LogP contribution in [0.4, 0.5) is 11.4 Å². The van der Waals surface area contributed by atoms with E-state index in [0.29, 0.717) is 5.56 Å². The van der Waals surface area contributed by atoms with Gasteiger partial charge >= 0.3 is 0 Å². The third kappa shape index (κ3) is 3.56. The van der Waals surface area contributed by atoms with Gasteiger partial charge in [0.2, 0.25) is 5.91 Å². The van der Waals surface area contributed by atoms with Gasteiger partial charge in [-0.3, -0.25) is 4.79 Å². The Balaban J connectivity index is 1.68. The predicted molar refractivity (Wildman–Crippen MR) is 113 cm³/mol. The first-order valence-corrected chi connectivity index (χ1v) is 10.1. The number of fused-ring (bicyclic) bond motifs is 1. The monoisotopic (exact) mass is 399 g/mol. The van der Waals surface area contributed by atoms with Crippen molar-refractivity contribution in [1.82, 2.24) is 0 Å². The van der Waals surface area contributed by atoms with E-state index in [-0.39, 0.29) is 11.5 Å². The molecule has 5 nitrogen and oxygen atoms in total. The van der Waals surface area contributed by atoms with Crippen molar-refractivity contribution in [3.05, 3.63) is 58.1 Å².